The van der Waals surface area contributed by atoms with Gasteiger partial charge in [-0.1, -0.05) is 292 Å². The Kier molecular flexibility index (Phi) is 54.8. The third-order valence-electron chi connectivity index (χ3n) is 12.9. The number of allylic oxidation sites excluding steroid dienone is 14. The quantitative estimate of drug-likeness (QED) is 0.0421. The Hall–Kier alpha value is -2.43. The van der Waals surface area contributed by atoms with Crippen LogP contribution in [0, 0.1) is 0 Å². The van der Waals surface area contributed by atoms with Gasteiger partial charge in [0.25, 0.3) is 0 Å². The van der Waals surface area contributed by atoms with Crippen molar-refractivity contribution in [1.29, 1.82) is 0 Å². The zero-order chi connectivity index (χ0) is 47.7. The Bertz CT molecular complexity index is 1180. The molecule has 4 heteroatoms. The Morgan fingerprint density at radius 3 is 1.00 bits per heavy atom. The highest BCUT2D eigenvalue weighted by Crippen LogP contribution is 2.17. The first kappa shape index (κ1) is 63.6. The minimum Gasteiger partial charge on any atom is -0.394 e. The Morgan fingerprint density at radius 2 is 0.667 bits per heavy atom. The van der Waals surface area contributed by atoms with Gasteiger partial charge < -0.3 is 15.5 Å². The first-order chi connectivity index (χ1) is 32.7. The molecule has 0 rings (SSSR count). The van der Waals surface area contributed by atoms with Gasteiger partial charge in [-0.05, 0) is 70.6 Å². The lowest BCUT2D eigenvalue weighted by Gasteiger charge is -2.22. The number of rotatable bonds is 52. The molecule has 4 nitrogen and oxygen atoms in total. The number of amides is 1. The van der Waals surface area contributed by atoms with Crippen molar-refractivity contribution in [2.75, 3.05) is 6.61 Å². The van der Waals surface area contributed by atoms with Crippen LogP contribution in [0.3, 0.4) is 0 Å². The lowest BCUT2D eigenvalue weighted by Crippen LogP contribution is -2.45. The molecule has 2 atom stereocenters. The first-order valence-electron chi connectivity index (χ1n) is 28.8. The topological polar surface area (TPSA) is 69.6 Å². The van der Waals surface area contributed by atoms with Crippen molar-refractivity contribution in [3.8, 4) is 0 Å². The first-order valence-corrected chi connectivity index (χ1v) is 28.8. The average Bonchev–Trinajstić information content (AvgIpc) is 3.32. The van der Waals surface area contributed by atoms with Gasteiger partial charge in [0.1, 0.15) is 0 Å². The predicted octanol–water partition coefficient (Wildman–Crippen LogP) is 19.1. The Morgan fingerprint density at radius 1 is 0.379 bits per heavy atom. The molecule has 0 fully saturated rings. The summed E-state index contributed by atoms with van der Waals surface area (Å²) < 4.78 is 0. The number of aliphatic hydroxyl groups excluding tert-OH is 2. The molecule has 0 aliphatic carbocycles. The summed E-state index contributed by atoms with van der Waals surface area (Å²) in [5.74, 6) is -0.0328. The van der Waals surface area contributed by atoms with Gasteiger partial charge in [0.05, 0.1) is 18.8 Å². The number of carbonyl (C=O) groups is 1. The monoisotopic (exact) mass is 918 g/mol. The zero-order valence-electron chi connectivity index (χ0n) is 43.9. The number of nitrogens with one attached hydrogen (secondary N) is 1. The third-order valence-corrected chi connectivity index (χ3v) is 12.9. The summed E-state index contributed by atoms with van der Waals surface area (Å²) in [4.78, 5) is 12.5. The normalized spacial score (nSPS) is 13.5. The number of carbonyl (C=O) groups excluding carboxylic acids is 1. The molecule has 66 heavy (non-hydrogen) atoms. The van der Waals surface area contributed by atoms with Gasteiger partial charge in [0.15, 0.2) is 0 Å². The largest absolute Gasteiger partial charge is 0.394 e. The Labute approximate surface area is 411 Å². The van der Waals surface area contributed by atoms with Gasteiger partial charge in [-0.3, -0.25) is 4.79 Å². The van der Waals surface area contributed by atoms with Crippen LogP contribution in [0.25, 0.3) is 0 Å². The molecule has 2 unspecified atom stereocenters. The van der Waals surface area contributed by atoms with Crippen molar-refractivity contribution in [2.24, 2.45) is 0 Å². The van der Waals surface area contributed by atoms with Crippen LogP contribution in [0.1, 0.15) is 284 Å². The smallest absolute Gasteiger partial charge is 0.220 e. The molecule has 0 aromatic carbocycles. The molecule has 3 N–H and O–H groups in total. The van der Waals surface area contributed by atoms with E-state index in [1.165, 1.54) is 186 Å². The lowest BCUT2D eigenvalue weighted by molar-refractivity contribution is -0.123. The van der Waals surface area contributed by atoms with Crippen molar-refractivity contribution in [2.45, 2.75) is 296 Å². The minimum atomic E-state index is -0.664. The van der Waals surface area contributed by atoms with Crippen molar-refractivity contribution in [3.63, 3.8) is 0 Å². The van der Waals surface area contributed by atoms with E-state index in [1.54, 1.807) is 0 Å². The van der Waals surface area contributed by atoms with Crippen LogP contribution in [-0.4, -0.2) is 34.9 Å². The van der Waals surface area contributed by atoms with Gasteiger partial charge in [0, 0.05) is 6.42 Å². The van der Waals surface area contributed by atoms with Crippen molar-refractivity contribution < 1.29 is 15.0 Å². The summed E-state index contributed by atoms with van der Waals surface area (Å²) in [6.45, 7) is 4.26. The zero-order valence-corrected chi connectivity index (χ0v) is 43.9. The third kappa shape index (κ3) is 52.5. The summed E-state index contributed by atoms with van der Waals surface area (Å²) in [5, 5.41) is 23.3. The molecule has 382 valence electrons. The maximum atomic E-state index is 12.5. The molecule has 0 aliphatic rings. The maximum absolute atomic E-state index is 12.5. The van der Waals surface area contributed by atoms with Crippen LogP contribution in [0.2, 0.25) is 0 Å². The fraction of sp³-hybridized carbons (Fsp3) is 0.758. The highest BCUT2D eigenvalue weighted by atomic mass is 16.3. The van der Waals surface area contributed by atoms with E-state index in [0.717, 1.165) is 70.6 Å². The molecular weight excluding hydrogens is 807 g/mol. The molecule has 0 heterocycles. The van der Waals surface area contributed by atoms with Gasteiger partial charge >= 0.3 is 0 Å². The summed E-state index contributed by atoms with van der Waals surface area (Å²) >= 11 is 0. The van der Waals surface area contributed by atoms with Crippen LogP contribution in [0.4, 0.5) is 0 Å². The van der Waals surface area contributed by atoms with Gasteiger partial charge in [0.2, 0.25) is 5.91 Å². The molecule has 1 amide bonds. The van der Waals surface area contributed by atoms with Gasteiger partial charge in [-0.15, -0.1) is 0 Å². The minimum absolute atomic E-state index is 0.0328. The number of hydrogen-bond acceptors (Lipinski definition) is 3. The molecule has 0 aromatic heterocycles. The van der Waals surface area contributed by atoms with Crippen molar-refractivity contribution in [3.05, 3.63) is 85.1 Å². The van der Waals surface area contributed by atoms with Crippen LogP contribution in [-0.2, 0) is 4.79 Å². The van der Waals surface area contributed by atoms with Crippen molar-refractivity contribution in [1.82, 2.24) is 5.32 Å². The molecule has 0 radical (unpaired) electrons. The van der Waals surface area contributed by atoms with Gasteiger partial charge in [-0.25, -0.2) is 0 Å². The molecule has 0 saturated heterocycles. The highest BCUT2D eigenvalue weighted by molar-refractivity contribution is 5.76. The average molecular weight is 919 g/mol. The van der Waals surface area contributed by atoms with Crippen LogP contribution in [0.15, 0.2) is 85.1 Å². The Balaban J connectivity index is 3.50. The van der Waals surface area contributed by atoms with Crippen LogP contribution in [0.5, 0.6) is 0 Å². The maximum Gasteiger partial charge on any atom is 0.220 e. The summed E-state index contributed by atoms with van der Waals surface area (Å²) in [6, 6.07) is -0.541. The van der Waals surface area contributed by atoms with Crippen LogP contribution >= 0.6 is 0 Å². The number of aliphatic hydroxyl groups is 2. The predicted molar refractivity (Wildman–Crippen MR) is 294 cm³/mol. The van der Waals surface area contributed by atoms with E-state index in [2.05, 4.69) is 104 Å². The fourth-order valence-electron chi connectivity index (χ4n) is 8.58. The second kappa shape index (κ2) is 56.9. The fourth-order valence-corrected chi connectivity index (χ4v) is 8.58. The summed E-state index contributed by atoms with van der Waals surface area (Å²) in [5.41, 5.74) is 0. The van der Waals surface area contributed by atoms with E-state index in [4.69, 9.17) is 0 Å². The number of unbranched alkanes of at least 4 members (excludes halogenated alkanes) is 31. The summed E-state index contributed by atoms with van der Waals surface area (Å²) in [7, 11) is 0. The van der Waals surface area contributed by atoms with E-state index in [9.17, 15) is 15.0 Å². The van der Waals surface area contributed by atoms with Crippen molar-refractivity contribution >= 4 is 5.91 Å². The SMILES string of the molecule is CC/C=C\C/C=C\C/C=C\C/C=C\C/C=C\C/C=C\C/C=C\CCCCCCCCCCCCCCCC(=O)NC(CO)C(O)CCCCCCCCCCCCCCCCCCCCC. The standard InChI is InChI=1S/C62H111NO3/c1-3-5-7-9-11-13-15-17-19-21-23-24-25-26-27-28-29-30-31-32-33-34-35-36-37-38-40-42-44-46-48-50-52-54-56-58-62(66)63-60(59-64)61(65)57-55-53-51-49-47-45-43-41-39-22-20-18-16-14-12-10-8-6-4-2/h5,7,11,13,17,19,23-24,26-27,29-30,32-33,60-61,64-65H,3-4,6,8-10,12,14-16,18,20-22,25,28,31,34-59H2,1-2H3,(H,63,66)/b7-5-,13-11-,19-17-,24-23-,27-26-,30-29-,33-32-. The van der Waals surface area contributed by atoms with Gasteiger partial charge in [-0.2, -0.15) is 0 Å². The molecule has 0 aromatic rings. The van der Waals surface area contributed by atoms with E-state index < -0.39 is 12.1 Å². The molecule has 0 bridgehead atoms. The lowest BCUT2D eigenvalue weighted by atomic mass is 10.0. The number of hydrogen-bond donors (Lipinski definition) is 3. The molecular formula is C62H111NO3. The van der Waals surface area contributed by atoms with E-state index in [1.807, 2.05) is 0 Å². The summed E-state index contributed by atoms with van der Waals surface area (Å²) in [6.07, 6.45) is 82.8. The van der Waals surface area contributed by atoms with Crippen LogP contribution < -0.4 is 5.32 Å². The highest BCUT2D eigenvalue weighted by Gasteiger charge is 2.20. The molecule has 0 spiro atoms. The second-order valence-corrected chi connectivity index (χ2v) is 19.3. The van der Waals surface area contributed by atoms with E-state index >= 15 is 0 Å². The van der Waals surface area contributed by atoms with E-state index in [-0.39, 0.29) is 12.5 Å². The molecule has 0 saturated carbocycles. The molecule has 0 aliphatic heterocycles. The van der Waals surface area contributed by atoms with E-state index in [0.29, 0.717) is 12.8 Å². The second-order valence-electron chi connectivity index (χ2n) is 19.3.